The molecule has 0 saturated heterocycles. The Balaban J connectivity index is 0. The van der Waals surface area contributed by atoms with Crippen LogP contribution in [0.4, 0.5) is 0 Å². The topological polar surface area (TPSA) is 60.2 Å². The van der Waals surface area contributed by atoms with Crippen LogP contribution in [-0.4, -0.2) is 13.7 Å². The first-order chi connectivity index (χ1) is 2.94. The Bertz CT molecular complexity index is 139. The Morgan fingerprint density at radius 2 is 1.50 bits per heavy atom. The van der Waals surface area contributed by atoms with Gasteiger partial charge in [0.05, 0.1) is 5.25 Å². The van der Waals surface area contributed by atoms with Crippen molar-refractivity contribution in [1.82, 2.24) is 0 Å². The molecule has 0 amide bonds. The summed E-state index contributed by atoms with van der Waals surface area (Å²) in [6.45, 7) is 3.07. The third kappa shape index (κ3) is 4.55. The summed E-state index contributed by atoms with van der Waals surface area (Å²) in [4.78, 5) is 0. The number of primary sulfonamides is 1. The smallest absolute Gasteiger partial charge is 0.211 e. The van der Waals surface area contributed by atoms with Crippen molar-refractivity contribution in [3.8, 4) is 0 Å². The Labute approximate surface area is 60.1 Å². The highest BCUT2D eigenvalue weighted by Crippen LogP contribution is 1.88. The van der Waals surface area contributed by atoms with Crippen LogP contribution in [0.15, 0.2) is 0 Å². The molecule has 0 spiro atoms. The van der Waals surface area contributed by atoms with Gasteiger partial charge in [0.2, 0.25) is 10.0 Å². The van der Waals surface area contributed by atoms with E-state index in [1.807, 2.05) is 0 Å². The molecule has 0 aromatic carbocycles. The van der Waals surface area contributed by atoms with Gasteiger partial charge in [-0.3, -0.25) is 0 Å². The van der Waals surface area contributed by atoms with Gasteiger partial charge in [0, 0.05) is 0 Å². The van der Waals surface area contributed by atoms with Crippen molar-refractivity contribution in [3.63, 3.8) is 0 Å². The zero-order valence-corrected chi connectivity index (χ0v) is 7.32. The average Bonchev–Trinajstić information content (AvgIpc) is 1.31. The minimum atomic E-state index is -3.24. The highest BCUT2D eigenvalue weighted by Gasteiger charge is 2.06. The first-order valence-corrected chi connectivity index (χ1v) is 3.57. The van der Waals surface area contributed by atoms with Crippen LogP contribution < -0.4 is 5.14 Å². The lowest BCUT2D eigenvalue weighted by molar-refractivity contribution is 0.589. The minimum absolute atomic E-state index is 0. The summed E-state index contributed by atoms with van der Waals surface area (Å²) in [6.07, 6.45) is 0. The molecule has 0 heterocycles. The van der Waals surface area contributed by atoms with E-state index >= 15 is 0 Å². The molecule has 0 radical (unpaired) electrons. The monoisotopic (exact) mass is 203 g/mol. The fraction of sp³-hybridized carbons (Fsp3) is 1.00. The molecule has 0 bridgehead atoms. The summed E-state index contributed by atoms with van der Waals surface area (Å²) < 4.78 is 20.2. The Morgan fingerprint density at radius 3 is 1.50 bits per heavy atom. The van der Waals surface area contributed by atoms with Crippen molar-refractivity contribution in [2.45, 2.75) is 19.1 Å². The fourth-order valence-electron chi connectivity index (χ4n) is 0. The number of hydrogen-bond acceptors (Lipinski definition) is 2. The fourth-order valence-corrected chi connectivity index (χ4v) is 0. The lowest BCUT2D eigenvalue weighted by Gasteiger charge is -1.96. The molecule has 3 nitrogen and oxygen atoms in total. The summed E-state index contributed by atoms with van der Waals surface area (Å²) in [7, 11) is -3.24. The van der Waals surface area contributed by atoms with Crippen molar-refractivity contribution < 1.29 is 8.42 Å². The number of nitrogens with two attached hydrogens (primary N) is 1. The maximum Gasteiger partial charge on any atom is 0.211 e. The molecule has 0 aliphatic heterocycles. The van der Waals surface area contributed by atoms with E-state index in [2.05, 4.69) is 5.14 Å². The van der Waals surface area contributed by atoms with Gasteiger partial charge in [-0.15, -0.1) is 17.0 Å². The van der Waals surface area contributed by atoms with Gasteiger partial charge in [-0.25, -0.2) is 13.6 Å². The first kappa shape index (κ1) is 11.2. The molecule has 0 atom stereocenters. The van der Waals surface area contributed by atoms with Gasteiger partial charge in [-0.1, -0.05) is 0 Å². The third-order valence-corrected chi connectivity index (χ3v) is 1.97. The van der Waals surface area contributed by atoms with E-state index in [0.717, 1.165) is 0 Å². The molecule has 0 fully saturated rings. The third-order valence-electron chi connectivity index (χ3n) is 0.657. The van der Waals surface area contributed by atoms with E-state index in [1.165, 1.54) is 13.8 Å². The number of sulfonamides is 1. The predicted octanol–water partition coefficient (Wildman–Crippen LogP) is 0.261. The van der Waals surface area contributed by atoms with E-state index in [-0.39, 0.29) is 17.0 Å². The molecule has 0 rings (SSSR count). The Kier molecular flexibility index (Phi) is 4.80. The first-order valence-electron chi connectivity index (χ1n) is 1.96. The molecule has 0 aromatic rings. The molecule has 0 aliphatic carbocycles. The second-order valence-corrected chi connectivity index (χ2v) is 3.76. The van der Waals surface area contributed by atoms with Gasteiger partial charge in [0.15, 0.2) is 0 Å². The van der Waals surface area contributed by atoms with Gasteiger partial charge >= 0.3 is 0 Å². The molecule has 8 heavy (non-hydrogen) atoms. The van der Waals surface area contributed by atoms with Crippen LogP contribution in [0.2, 0.25) is 0 Å². The highest BCUT2D eigenvalue weighted by molar-refractivity contribution is 8.93. The molecular weight excluding hydrogens is 194 g/mol. The van der Waals surface area contributed by atoms with E-state index in [9.17, 15) is 8.42 Å². The summed E-state index contributed by atoms with van der Waals surface area (Å²) in [5, 5.41) is 4.20. The van der Waals surface area contributed by atoms with Crippen LogP contribution in [0, 0.1) is 0 Å². The largest absolute Gasteiger partial charge is 0.229 e. The molecule has 5 heteroatoms. The van der Waals surface area contributed by atoms with Gasteiger partial charge in [-0.05, 0) is 13.8 Å². The van der Waals surface area contributed by atoms with Crippen molar-refractivity contribution >= 4 is 27.0 Å². The summed E-state index contributed by atoms with van der Waals surface area (Å²) in [5.41, 5.74) is 0. The number of halogens is 1. The zero-order chi connectivity index (χ0) is 6.08. The number of hydrogen-bond donors (Lipinski definition) is 1. The average molecular weight is 204 g/mol. The second-order valence-electron chi connectivity index (χ2n) is 1.64. The Hall–Kier alpha value is 0.390. The van der Waals surface area contributed by atoms with Crippen molar-refractivity contribution in [3.05, 3.63) is 0 Å². The van der Waals surface area contributed by atoms with Gasteiger partial charge in [0.25, 0.3) is 0 Å². The van der Waals surface area contributed by atoms with Crippen LogP contribution in [-0.2, 0) is 10.0 Å². The molecular formula is C3H10BrNO2S. The van der Waals surface area contributed by atoms with Gasteiger partial charge in [0.1, 0.15) is 0 Å². The molecule has 52 valence electrons. The minimum Gasteiger partial charge on any atom is -0.229 e. The lowest BCUT2D eigenvalue weighted by Crippen LogP contribution is -2.22. The highest BCUT2D eigenvalue weighted by atomic mass is 79.9. The number of rotatable bonds is 1. The maximum atomic E-state index is 10.1. The summed E-state index contributed by atoms with van der Waals surface area (Å²) in [6, 6.07) is 0. The van der Waals surface area contributed by atoms with Crippen molar-refractivity contribution in [2.24, 2.45) is 5.14 Å². The maximum absolute atomic E-state index is 10.1. The van der Waals surface area contributed by atoms with Gasteiger partial charge in [-0.2, -0.15) is 0 Å². The van der Waals surface area contributed by atoms with Crippen LogP contribution >= 0.6 is 17.0 Å². The van der Waals surface area contributed by atoms with E-state index in [0.29, 0.717) is 0 Å². The van der Waals surface area contributed by atoms with Crippen LogP contribution in [0.1, 0.15) is 13.8 Å². The van der Waals surface area contributed by atoms with Crippen LogP contribution in [0.3, 0.4) is 0 Å². The van der Waals surface area contributed by atoms with E-state index in [4.69, 9.17) is 0 Å². The molecule has 0 saturated carbocycles. The van der Waals surface area contributed by atoms with Crippen LogP contribution in [0.5, 0.6) is 0 Å². The molecule has 2 N–H and O–H groups in total. The lowest BCUT2D eigenvalue weighted by atomic mass is 10.6. The second kappa shape index (κ2) is 3.42. The standard InChI is InChI=1S/C3H9NO2S.BrH/c1-3(2)7(4,5)6;/h3H,1-2H3,(H2,4,5,6);1H. The quantitative estimate of drug-likeness (QED) is 0.665. The van der Waals surface area contributed by atoms with Crippen LogP contribution in [0.25, 0.3) is 0 Å². The Morgan fingerprint density at radius 1 is 1.38 bits per heavy atom. The molecule has 0 aliphatic rings. The van der Waals surface area contributed by atoms with Gasteiger partial charge < -0.3 is 0 Å². The SMILES string of the molecule is Br.CC(C)S(N)(=O)=O. The van der Waals surface area contributed by atoms with Crippen molar-refractivity contribution in [2.75, 3.05) is 0 Å². The summed E-state index contributed by atoms with van der Waals surface area (Å²) >= 11 is 0. The molecule has 0 unspecified atom stereocenters. The summed E-state index contributed by atoms with van der Waals surface area (Å²) in [5.74, 6) is 0. The molecule has 0 aromatic heterocycles. The zero-order valence-electron chi connectivity index (χ0n) is 4.79. The normalized spacial score (nSPS) is 11.0. The van der Waals surface area contributed by atoms with Crippen molar-refractivity contribution in [1.29, 1.82) is 0 Å². The predicted molar refractivity (Wildman–Crippen MR) is 38.6 cm³/mol. The van der Waals surface area contributed by atoms with E-state index in [1.54, 1.807) is 0 Å². The van der Waals surface area contributed by atoms with E-state index < -0.39 is 15.3 Å².